The van der Waals surface area contributed by atoms with E-state index in [0.29, 0.717) is 32.1 Å². The van der Waals surface area contributed by atoms with Gasteiger partial charge in [-0.1, -0.05) is 60.7 Å². The van der Waals surface area contributed by atoms with E-state index in [0.717, 1.165) is 22.0 Å². The minimum Gasteiger partial charge on any atom is -0.463 e. The minimum atomic E-state index is -0.659. The standard InChI is InChI=1S/C34H43N3O5/c1-4-6-15-27(18-25-13-8-7-9-14-25)34(41)42-23-29(19-28-21-35-31-17-11-10-16-30(28)31)37-33(40)26(12-5-2)20-32(39)36-24(3)22-38/h4-5,7-11,13-14,16-17,21,24,26-27,29,35,38H,1-2,6,12,15,18-20,22-23H2,3H3,(H,36,39)(H,37,40)/t24-,26+,27-,29+/m1/s1. The van der Waals surface area contributed by atoms with Crippen molar-refractivity contribution in [3.63, 3.8) is 0 Å². The molecule has 0 spiro atoms. The van der Waals surface area contributed by atoms with Crippen LogP contribution in [0.25, 0.3) is 10.9 Å². The zero-order valence-corrected chi connectivity index (χ0v) is 24.4. The highest BCUT2D eigenvalue weighted by Gasteiger charge is 2.27. The number of fused-ring (bicyclic) bond motifs is 1. The van der Waals surface area contributed by atoms with E-state index in [1.165, 1.54) is 0 Å². The van der Waals surface area contributed by atoms with Gasteiger partial charge in [0.1, 0.15) is 6.61 Å². The molecule has 1 heterocycles. The van der Waals surface area contributed by atoms with Crippen molar-refractivity contribution < 1.29 is 24.2 Å². The zero-order chi connectivity index (χ0) is 30.3. The van der Waals surface area contributed by atoms with Crippen molar-refractivity contribution in [2.24, 2.45) is 11.8 Å². The van der Waals surface area contributed by atoms with E-state index in [-0.39, 0.29) is 43.3 Å². The summed E-state index contributed by atoms with van der Waals surface area (Å²) in [7, 11) is 0. The molecule has 0 saturated heterocycles. The highest BCUT2D eigenvalue weighted by Crippen LogP contribution is 2.21. The Balaban J connectivity index is 1.76. The Bertz CT molecular complexity index is 1320. The van der Waals surface area contributed by atoms with Gasteiger partial charge < -0.3 is 25.5 Å². The van der Waals surface area contributed by atoms with E-state index < -0.39 is 18.0 Å². The number of hydrogen-bond acceptors (Lipinski definition) is 5. The number of aromatic nitrogens is 1. The van der Waals surface area contributed by atoms with Gasteiger partial charge in [-0.2, -0.15) is 0 Å². The van der Waals surface area contributed by atoms with Gasteiger partial charge >= 0.3 is 5.97 Å². The summed E-state index contributed by atoms with van der Waals surface area (Å²) in [6.45, 7) is 9.02. The summed E-state index contributed by atoms with van der Waals surface area (Å²) in [5.74, 6) is -1.98. The van der Waals surface area contributed by atoms with Gasteiger partial charge in [0.25, 0.3) is 0 Å². The normalized spacial score (nSPS) is 13.9. The largest absolute Gasteiger partial charge is 0.463 e. The molecule has 0 bridgehead atoms. The van der Waals surface area contributed by atoms with Crippen molar-refractivity contribution in [2.75, 3.05) is 13.2 Å². The van der Waals surface area contributed by atoms with Crippen LogP contribution in [-0.2, 0) is 32.0 Å². The van der Waals surface area contributed by atoms with Crippen LogP contribution in [0, 0.1) is 11.8 Å². The number of ether oxygens (including phenoxy) is 1. The summed E-state index contributed by atoms with van der Waals surface area (Å²) in [4.78, 5) is 42.5. The number of rotatable bonds is 18. The molecule has 3 aromatic rings. The second-order valence-electron chi connectivity index (χ2n) is 10.7. The molecular formula is C34H43N3O5. The third-order valence-electron chi connectivity index (χ3n) is 7.23. The van der Waals surface area contributed by atoms with E-state index in [1.807, 2.05) is 60.8 Å². The van der Waals surface area contributed by atoms with Crippen molar-refractivity contribution in [1.82, 2.24) is 15.6 Å². The molecule has 0 aliphatic heterocycles. The summed E-state index contributed by atoms with van der Waals surface area (Å²) >= 11 is 0. The highest BCUT2D eigenvalue weighted by molar-refractivity contribution is 5.86. The van der Waals surface area contributed by atoms with Gasteiger partial charge in [0.15, 0.2) is 0 Å². The maximum Gasteiger partial charge on any atom is 0.309 e. The Morgan fingerprint density at radius 3 is 2.43 bits per heavy atom. The molecule has 0 aliphatic carbocycles. The molecule has 0 saturated carbocycles. The van der Waals surface area contributed by atoms with Gasteiger partial charge in [-0.25, -0.2) is 0 Å². The monoisotopic (exact) mass is 573 g/mol. The molecule has 0 fully saturated rings. The predicted molar refractivity (Wildman–Crippen MR) is 166 cm³/mol. The highest BCUT2D eigenvalue weighted by atomic mass is 16.5. The lowest BCUT2D eigenvalue weighted by Crippen LogP contribution is -2.45. The van der Waals surface area contributed by atoms with Crippen molar-refractivity contribution in [3.8, 4) is 0 Å². The number of allylic oxidation sites excluding steroid dienone is 2. The number of aliphatic hydroxyl groups excluding tert-OH is 1. The van der Waals surface area contributed by atoms with Gasteiger partial charge in [0, 0.05) is 29.6 Å². The molecule has 4 atom stereocenters. The van der Waals surface area contributed by atoms with Gasteiger partial charge in [-0.3, -0.25) is 14.4 Å². The van der Waals surface area contributed by atoms with Crippen molar-refractivity contribution in [2.45, 2.75) is 57.5 Å². The molecule has 1 aromatic heterocycles. The molecule has 2 aromatic carbocycles. The summed E-state index contributed by atoms with van der Waals surface area (Å²) < 4.78 is 5.86. The van der Waals surface area contributed by atoms with E-state index in [4.69, 9.17) is 4.74 Å². The van der Waals surface area contributed by atoms with Crippen LogP contribution in [0.3, 0.4) is 0 Å². The van der Waals surface area contributed by atoms with Crippen molar-refractivity contribution >= 4 is 28.7 Å². The lowest BCUT2D eigenvalue weighted by molar-refractivity contribution is -0.150. The first kappa shape index (κ1) is 32.3. The van der Waals surface area contributed by atoms with Crippen LogP contribution >= 0.6 is 0 Å². The molecule has 0 radical (unpaired) electrons. The predicted octanol–water partition coefficient (Wildman–Crippen LogP) is 4.64. The molecule has 2 amide bonds. The fraction of sp³-hybridized carbons (Fsp3) is 0.382. The Hall–Kier alpha value is -4.17. The van der Waals surface area contributed by atoms with Crippen LogP contribution in [-0.4, -0.2) is 53.2 Å². The number of esters is 1. The Morgan fingerprint density at radius 2 is 1.71 bits per heavy atom. The smallest absolute Gasteiger partial charge is 0.309 e. The number of benzene rings is 2. The first-order chi connectivity index (χ1) is 20.3. The molecule has 42 heavy (non-hydrogen) atoms. The van der Waals surface area contributed by atoms with Crippen LogP contribution in [0.2, 0.25) is 0 Å². The Morgan fingerprint density at radius 1 is 0.976 bits per heavy atom. The van der Waals surface area contributed by atoms with Gasteiger partial charge in [0.2, 0.25) is 11.8 Å². The molecule has 8 nitrogen and oxygen atoms in total. The molecule has 0 unspecified atom stereocenters. The zero-order valence-electron chi connectivity index (χ0n) is 24.4. The molecule has 0 aliphatic rings. The number of para-hydroxylation sites is 1. The second kappa shape index (κ2) is 16.9. The third kappa shape index (κ3) is 10.0. The van der Waals surface area contributed by atoms with Crippen LogP contribution in [0.1, 0.15) is 43.7 Å². The Labute approximate surface area is 248 Å². The lowest BCUT2D eigenvalue weighted by atomic mass is 9.95. The van der Waals surface area contributed by atoms with Gasteiger partial charge in [0.05, 0.1) is 24.5 Å². The minimum absolute atomic E-state index is 0.0159. The number of amides is 2. The fourth-order valence-electron chi connectivity index (χ4n) is 4.95. The number of hydrogen-bond donors (Lipinski definition) is 4. The number of aliphatic hydroxyl groups is 1. The van der Waals surface area contributed by atoms with Gasteiger partial charge in [-0.15, -0.1) is 13.2 Å². The quantitative estimate of drug-likeness (QED) is 0.131. The molecule has 8 heteroatoms. The van der Waals surface area contributed by atoms with Crippen molar-refractivity contribution in [1.29, 1.82) is 0 Å². The first-order valence-corrected chi connectivity index (χ1v) is 14.5. The summed E-state index contributed by atoms with van der Waals surface area (Å²) in [6, 6.07) is 16.8. The molecule has 224 valence electrons. The summed E-state index contributed by atoms with van der Waals surface area (Å²) in [5, 5.41) is 16.0. The SMILES string of the molecule is C=CCC[C@H](Cc1ccccc1)C(=O)OC[C@H](Cc1c[nH]c2ccccc12)NC(=O)[C@@H](CC=C)CC(=O)N[C@H](C)CO. The van der Waals surface area contributed by atoms with Crippen LogP contribution < -0.4 is 10.6 Å². The van der Waals surface area contributed by atoms with Crippen LogP contribution in [0.5, 0.6) is 0 Å². The van der Waals surface area contributed by atoms with E-state index >= 15 is 0 Å². The number of carbonyl (C=O) groups excluding carboxylic acids is 3. The summed E-state index contributed by atoms with van der Waals surface area (Å²) in [6.07, 6.45) is 7.82. The average Bonchev–Trinajstić information content (AvgIpc) is 3.40. The van der Waals surface area contributed by atoms with E-state index in [9.17, 15) is 19.5 Å². The fourth-order valence-corrected chi connectivity index (χ4v) is 4.95. The molecule has 4 N–H and O–H groups in total. The van der Waals surface area contributed by atoms with E-state index in [2.05, 4.69) is 28.8 Å². The Kier molecular flexibility index (Phi) is 13.0. The average molecular weight is 574 g/mol. The number of carbonyl (C=O) groups is 3. The van der Waals surface area contributed by atoms with Gasteiger partial charge in [-0.05, 0) is 56.2 Å². The second-order valence-corrected chi connectivity index (χ2v) is 10.7. The van der Waals surface area contributed by atoms with Crippen LogP contribution in [0.4, 0.5) is 0 Å². The maximum absolute atomic E-state index is 13.4. The number of nitrogens with one attached hydrogen (secondary N) is 3. The van der Waals surface area contributed by atoms with E-state index in [1.54, 1.807) is 19.1 Å². The summed E-state index contributed by atoms with van der Waals surface area (Å²) in [5.41, 5.74) is 3.00. The third-order valence-corrected chi connectivity index (χ3v) is 7.23. The number of H-pyrrole nitrogens is 1. The maximum atomic E-state index is 13.4. The molecule has 3 rings (SSSR count). The lowest BCUT2D eigenvalue weighted by Gasteiger charge is -2.24. The van der Waals surface area contributed by atoms with Crippen LogP contribution in [0.15, 0.2) is 86.1 Å². The number of aromatic amines is 1. The first-order valence-electron chi connectivity index (χ1n) is 14.5. The van der Waals surface area contributed by atoms with Crippen molar-refractivity contribution in [3.05, 3.63) is 97.2 Å². The molecular weight excluding hydrogens is 530 g/mol. The topological polar surface area (TPSA) is 121 Å².